The minimum atomic E-state index is -1.11. The van der Waals surface area contributed by atoms with E-state index in [1.54, 1.807) is 6.07 Å². The number of hydrogen-bond acceptors (Lipinski definition) is 2. The number of nitrogens with zero attached hydrogens (tertiary/aromatic N) is 1. The van der Waals surface area contributed by atoms with Crippen molar-refractivity contribution >= 4 is 11.7 Å². The summed E-state index contributed by atoms with van der Waals surface area (Å²) in [5.41, 5.74) is 1.71. The predicted octanol–water partition coefficient (Wildman–Crippen LogP) is 1.19. The van der Waals surface area contributed by atoms with Crippen molar-refractivity contribution in [3.63, 3.8) is 0 Å². The monoisotopic (exact) mass is 189 g/mol. The molecule has 0 bridgehead atoms. The third-order valence-corrected chi connectivity index (χ3v) is 1.68. The van der Waals surface area contributed by atoms with Crippen LogP contribution in [0.4, 0.5) is 5.69 Å². The number of carboxylic acid groups (broad SMARTS) is 1. The quantitative estimate of drug-likeness (QED) is 0.674. The Morgan fingerprint density at radius 1 is 1.43 bits per heavy atom. The number of carbonyl (C=O) groups is 1. The molecular formula is C11H11NO2. The maximum atomic E-state index is 10.2. The van der Waals surface area contributed by atoms with E-state index in [-0.39, 0.29) is 0 Å². The van der Waals surface area contributed by atoms with Gasteiger partial charge in [0.15, 0.2) is 0 Å². The molecule has 1 aromatic carbocycles. The van der Waals surface area contributed by atoms with Gasteiger partial charge in [0.05, 0.1) is 0 Å². The zero-order valence-corrected chi connectivity index (χ0v) is 8.11. The fourth-order valence-corrected chi connectivity index (χ4v) is 0.987. The third kappa shape index (κ3) is 2.83. The molecule has 0 aliphatic rings. The van der Waals surface area contributed by atoms with Crippen molar-refractivity contribution in [3.05, 3.63) is 29.8 Å². The van der Waals surface area contributed by atoms with E-state index in [0.29, 0.717) is 5.56 Å². The van der Waals surface area contributed by atoms with Crippen molar-refractivity contribution in [3.8, 4) is 11.8 Å². The van der Waals surface area contributed by atoms with E-state index in [1.165, 1.54) is 0 Å². The Morgan fingerprint density at radius 2 is 2.14 bits per heavy atom. The highest BCUT2D eigenvalue weighted by Crippen LogP contribution is 2.12. The van der Waals surface area contributed by atoms with Crippen LogP contribution in [0, 0.1) is 11.8 Å². The summed E-state index contributed by atoms with van der Waals surface area (Å²) in [5, 5.41) is 8.37. The van der Waals surface area contributed by atoms with E-state index in [4.69, 9.17) is 5.11 Å². The fourth-order valence-electron chi connectivity index (χ4n) is 0.987. The lowest BCUT2D eigenvalue weighted by Crippen LogP contribution is -2.08. The highest BCUT2D eigenvalue weighted by molar-refractivity contribution is 5.87. The molecule has 0 saturated carbocycles. The van der Waals surface area contributed by atoms with Crippen LogP contribution >= 0.6 is 0 Å². The molecule has 3 nitrogen and oxygen atoms in total. The molecule has 72 valence electrons. The molecule has 0 atom stereocenters. The van der Waals surface area contributed by atoms with Crippen LogP contribution in [0.1, 0.15) is 5.56 Å². The van der Waals surface area contributed by atoms with Gasteiger partial charge in [0, 0.05) is 31.3 Å². The Morgan fingerprint density at radius 3 is 2.71 bits per heavy atom. The van der Waals surface area contributed by atoms with Gasteiger partial charge in [0.2, 0.25) is 0 Å². The lowest BCUT2D eigenvalue weighted by Gasteiger charge is -2.11. The van der Waals surface area contributed by atoms with Gasteiger partial charge in [-0.25, -0.2) is 4.79 Å². The Hall–Kier alpha value is -1.95. The summed E-state index contributed by atoms with van der Waals surface area (Å²) >= 11 is 0. The van der Waals surface area contributed by atoms with E-state index in [1.807, 2.05) is 37.2 Å². The van der Waals surface area contributed by atoms with Gasteiger partial charge in [0.1, 0.15) is 0 Å². The highest BCUT2D eigenvalue weighted by atomic mass is 16.4. The van der Waals surface area contributed by atoms with Crippen molar-refractivity contribution in [2.45, 2.75) is 0 Å². The van der Waals surface area contributed by atoms with Crippen LogP contribution in [-0.4, -0.2) is 25.2 Å². The van der Waals surface area contributed by atoms with E-state index >= 15 is 0 Å². The van der Waals surface area contributed by atoms with Crippen LogP contribution < -0.4 is 4.90 Å². The first kappa shape index (κ1) is 10.1. The second-order valence-corrected chi connectivity index (χ2v) is 3.00. The molecule has 0 radical (unpaired) electrons. The number of rotatable bonds is 1. The molecule has 14 heavy (non-hydrogen) atoms. The molecule has 0 amide bonds. The van der Waals surface area contributed by atoms with Crippen molar-refractivity contribution < 1.29 is 9.90 Å². The summed E-state index contributed by atoms with van der Waals surface area (Å²) in [4.78, 5) is 12.1. The Labute approximate surface area is 83.0 Å². The Kier molecular flexibility index (Phi) is 3.14. The molecule has 1 aromatic rings. The molecule has 1 rings (SSSR count). The summed E-state index contributed by atoms with van der Waals surface area (Å²) in [6.45, 7) is 0. The highest BCUT2D eigenvalue weighted by Gasteiger charge is 1.94. The van der Waals surface area contributed by atoms with Crippen LogP contribution in [0.5, 0.6) is 0 Å². The molecule has 0 saturated heterocycles. The number of carboxylic acids is 1. The zero-order chi connectivity index (χ0) is 10.6. The number of hydrogen-bond donors (Lipinski definition) is 1. The van der Waals surface area contributed by atoms with Gasteiger partial charge in [-0.1, -0.05) is 12.0 Å². The molecular weight excluding hydrogens is 178 g/mol. The first-order chi connectivity index (χ1) is 6.59. The first-order valence-corrected chi connectivity index (χ1v) is 4.12. The summed E-state index contributed by atoms with van der Waals surface area (Å²) in [6.07, 6.45) is 0. The van der Waals surface area contributed by atoms with Crippen LogP contribution in [-0.2, 0) is 4.79 Å². The van der Waals surface area contributed by atoms with Gasteiger partial charge in [-0.05, 0) is 18.2 Å². The normalized spacial score (nSPS) is 8.71. The average molecular weight is 189 g/mol. The summed E-state index contributed by atoms with van der Waals surface area (Å²) in [5.74, 6) is 3.53. The molecule has 1 N–H and O–H groups in total. The molecule has 0 aromatic heterocycles. The van der Waals surface area contributed by atoms with E-state index in [2.05, 4.69) is 11.8 Å². The average Bonchev–Trinajstić information content (AvgIpc) is 2.15. The van der Waals surface area contributed by atoms with Gasteiger partial charge in [-0.15, -0.1) is 0 Å². The maximum absolute atomic E-state index is 10.2. The van der Waals surface area contributed by atoms with Crippen molar-refractivity contribution in [2.75, 3.05) is 19.0 Å². The number of aliphatic carboxylic acids is 1. The second-order valence-electron chi connectivity index (χ2n) is 3.00. The molecule has 0 fully saturated rings. The smallest absolute Gasteiger partial charge is 0.382 e. The molecule has 0 aliphatic heterocycles. The van der Waals surface area contributed by atoms with Crippen LogP contribution in [0.25, 0.3) is 0 Å². The zero-order valence-electron chi connectivity index (χ0n) is 8.11. The van der Waals surface area contributed by atoms with Gasteiger partial charge in [-0.3, -0.25) is 0 Å². The van der Waals surface area contributed by atoms with Crippen molar-refractivity contribution in [1.82, 2.24) is 0 Å². The summed E-state index contributed by atoms with van der Waals surface area (Å²) in [6, 6.07) is 7.41. The lowest BCUT2D eigenvalue weighted by atomic mass is 10.2. The van der Waals surface area contributed by atoms with Gasteiger partial charge in [-0.2, -0.15) is 0 Å². The predicted molar refractivity (Wildman–Crippen MR) is 55.3 cm³/mol. The maximum Gasteiger partial charge on any atom is 0.382 e. The Bertz CT molecular complexity index is 399. The third-order valence-electron chi connectivity index (χ3n) is 1.68. The molecule has 3 heteroatoms. The summed E-state index contributed by atoms with van der Waals surface area (Å²) < 4.78 is 0. The second kappa shape index (κ2) is 4.33. The minimum absolute atomic E-state index is 0.707. The number of anilines is 1. The lowest BCUT2D eigenvalue weighted by molar-refractivity contribution is -0.130. The SMILES string of the molecule is CN(C)c1cccc(C#CC(=O)O)c1. The van der Waals surface area contributed by atoms with Gasteiger partial charge in [0.25, 0.3) is 0 Å². The van der Waals surface area contributed by atoms with Crippen LogP contribution in [0.15, 0.2) is 24.3 Å². The van der Waals surface area contributed by atoms with E-state index in [0.717, 1.165) is 5.69 Å². The van der Waals surface area contributed by atoms with Crippen molar-refractivity contribution in [2.24, 2.45) is 0 Å². The summed E-state index contributed by atoms with van der Waals surface area (Å²) in [7, 11) is 3.84. The van der Waals surface area contributed by atoms with E-state index < -0.39 is 5.97 Å². The standard InChI is InChI=1S/C11H11NO2/c1-12(2)10-5-3-4-9(8-10)6-7-11(13)14/h3-5,8H,1-2H3,(H,13,14). The first-order valence-electron chi connectivity index (χ1n) is 4.12. The number of benzene rings is 1. The topological polar surface area (TPSA) is 40.5 Å². The van der Waals surface area contributed by atoms with Crippen LogP contribution in [0.3, 0.4) is 0 Å². The fraction of sp³-hybridized carbons (Fsp3) is 0.182. The largest absolute Gasteiger partial charge is 0.472 e. The van der Waals surface area contributed by atoms with Crippen LogP contribution in [0.2, 0.25) is 0 Å². The van der Waals surface area contributed by atoms with Crippen molar-refractivity contribution in [1.29, 1.82) is 0 Å². The molecule has 0 spiro atoms. The molecule has 0 heterocycles. The Balaban J connectivity index is 2.96. The van der Waals surface area contributed by atoms with E-state index in [9.17, 15) is 4.79 Å². The molecule has 0 unspecified atom stereocenters. The van der Waals surface area contributed by atoms with Gasteiger partial charge >= 0.3 is 5.97 Å². The van der Waals surface area contributed by atoms with Gasteiger partial charge < -0.3 is 10.0 Å². The minimum Gasteiger partial charge on any atom is -0.472 e. The molecule has 0 aliphatic carbocycles.